The highest BCUT2D eigenvalue weighted by atomic mass is 35.5. The molecule has 5 amide bonds. The van der Waals surface area contributed by atoms with Crippen molar-refractivity contribution in [3.05, 3.63) is 127 Å². The predicted molar refractivity (Wildman–Crippen MR) is 241 cm³/mol. The van der Waals surface area contributed by atoms with Crippen LogP contribution >= 0.6 is 23.2 Å². The second-order valence-corrected chi connectivity index (χ2v) is 17.9. The molecule has 4 atom stereocenters. The van der Waals surface area contributed by atoms with Crippen LogP contribution in [0.1, 0.15) is 90.4 Å². The second kappa shape index (κ2) is 16.7. The first-order valence-corrected chi connectivity index (χ1v) is 22.0. The van der Waals surface area contributed by atoms with Gasteiger partial charge in [0.25, 0.3) is 5.91 Å². The van der Waals surface area contributed by atoms with E-state index >= 15 is 4.39 Å². The molecule has 0 radical (unpaired) electrons. The van der Waals surface area contributed by atoms with Gasteiger partial charge in [0, 0.05) is 66.9 Å². The SMILES string of the molecule is CN(CCC#Cc1cccc2c1n(C)c(=O)n2C1CCC(=O)NC1=O)C(=O)c1ccc(NC(=O)C2NC3(CCCCC3)[C@@]3(C(=O)Nc4cc(Cl)ccc43)[C@H]2c2cccc(Cl)c2F)cc1. The molecule has 1 aliphatic carbocycles. The van der Waals surface area contributed by atoms with E-state index < -0.39 is 52.3 Å². The van der Waals surface area contributed by atoms with Crippen LogP contribution in [0.4, 0.5) is 15.8 Å². The molecule has 9 rings (SSSR count). The zero-order valence-corrected chi connectivity index (χ0v) is 36.5. The smallest absolute Gasteiger partial charge is 0.329 e. The summed E-state index contributed by atoms with van der Waals surface area (Å²) in [5.41, 5.74) is 1.13. The largest absolute Gasteiger partial charge is 0.341 e. The minimum atomic E-state index is -1.37. The third-order valence-electron chi connectivity index (χ3n) is 13.5. The van der Waals surface area contributed by atoms with Gasteiger partial charge in [0.15, 0.2) is 0 Å². The maximum Gasteiger partial charge on any atom is 0.329 e. The predicted octanol–water partition coefficient (Wildman–Crippen LogP) is 6.56. The van der Waals surface area contributed by atoms with Gasteiger partial charge in [-0.05, 0) is 85.0 Å². The lowest BCUT2D eigenvalue weighted by molar-refractivity contribution is -0.135. The second-order valence-electron chi connectivity index (χ2n) is 17.0. The Balaban J connectivity index is 0.922. The van der Waals surface area contributed by atoms with E-state index in [4.69, 9.17) is 23.2 Å². The first kappa shape index (κ1) is 43.0. The Hall–Kier alpha value is -6.27. The van der Waals surface area contributed by atoms with Crippen molar-refractivity contribution in [2.75, 3.05) is 24.2 Å². The van der Waals surface area contributed by atoms with Crippen LogP contribution in [0.2, 0.25) is 10.0 Å². The Morgan fingerprint density at radius 3 is 2.45 bits per heavy atom. The highest BCUT2D eigenvalue weighted by Gasteiger charge is 2.72. The van der Waals surface area contributed by atoms with Gasteiger partial charge >= 0.3 is 5.69 Å². The summed E-state index contributed by atoms with van der Waals surface area (Å²) in [6.07, 6.45) is 4.41. The first-order chi connectivity index (χ1) is 30.8. The van der Waals surface area contributed by atoms with Gasteiger partial charge in [0.1, 0.15) is 17.3 Å². The average Bonchev–Trinajstić information content (AvgIpc) is 3.84. The fourth-order valence-corrected chi connectivity index (χ4v) is 11.0. The van der Waals surface area contributed by atoms with Gasteiger partial charge in [-0.25, -0.2) is 9.18 Å². The van der Waals surface area contributed by atoms with Crippen molar-refractivity contribution in [1.29, 1.82) is 0 Å². The number of nitrogens with zero attached hydrogens (tertiary/aromatic N) is 3. The standard InChI is InChI=1S/C48H44Cl2FN7O6/c1-56(25-7-4-10-27-11-8-14-35-41(27)57(2)46(64)58(35)36-21-22-37(59)54-42(36)60)44(62)28-15-18-30(19-16-28)52-43(61)40-38(31-12-9-13-33(50)39(31)51)48(47(55-40)23-5-3-6-24-47)32-20-17-29(49)26-34(32)53-45(48)63/h8-9,11-20,26,36,38,40,55H,3,5-7,21-25H2,1-2H3,(H,52,61)(H,53,63)(H,54,59,60)/t36?,38-,40?,48+/m0/s1. The fourth-order valence-electron chi connectivity index (χ4n) is 10.6. The summed E-state index contributed by atoms with van der Waals surface area (Å²) in [6, 6.07) is 19.7. The lowest BCUT2D eigenvalue weighted by Crippen LogP contribution is -2.60. The normalized spacial score (nSPS) is 22.2. The Morgan fingerprint density at radius 2 is 1.70 bits per heavy atom. The van der Waals surface area contributed by atoms with Crippen molar-refractivity contribution in [3.63, 3.8) is 0 Å². The summed E-state index contributed by atoms with van der Waals surface area (Å²) in [4.78, 5) is 82.0. The zero-order valence-electron chi connectivity index (χ0n) is 35.0. The molecule has 13 nitrogen and oxygen atoms in total. The summed E-state index contributed by atoms with van der Waals surface area (Å²) in [5.74, 6) is 2.57. The number of anilines is 2. The highest BCUT2D eigenvalue weighted by Crippen LogP contribution is 2.63. The van der Waals surface area contributed by atoms with E-state index in [1.807, 2.05) is 0 Å². The van der Waals surface area contributed by atoms with E-state index in [1.165, 1.54) is 20.1 Å². The maximum atomic E-state index is 16.3. The van der Waals surface area contributed by atoms with Crippen molar-refractivity contribution < 1.29 is 28.4 Å². The van der Waals surface area contributed by atoms with Gasteiger partial charge in [-0.3, -0.25) is 43.7 Å². The molecule has 2 spiro atoms. The number of imidazole rings is 1. The van der Waals surface area contributed by atoms with Crippen molar-refractivity contribution in [2.45, 2.75) is 80.3 Å². The van der Waals surface area contributed by atoms with Crippen LogP contribution in [0.15, 0.2) is 83.7 Å². The number of imide groups is 1. The number of amides is 5. The molecule has 0 bridgehead atoms. The monoisotopic (exact) mass is 903 g/mol. The number of halogens is 3. The van der Waals surface area contributed by atoms with Crippen molar-refractivity contribution >= 4 is 75.1 Å². The van der Waals surface area contributed by atoms with Gasteiger partial charge in [-0.2, -0.15) is 0 Å². The molecule has 1 saturated carbocycles. The molecular formula is C48H44Cl2FN7O6. The lowest BCUT2D eigenvalue weighted by Gasteiger charge is -2.47. The van der Waals surface area contributed by atoms with Gasteiger partial charge < -0.3 is 15.5 Å². The minimum Gasteiger partial charge on any atom is -0.341 e. The molecule has 3 aliphatic heterocycles. The zero-order chi connectivity index (χ0) is 45.1. The van der Waals surface area contributed by atoms with Crippen LogP contribution in [0.25, 0.3) is 11.0 Å². The number of piperidine rings is 1. The molecule has 2 unspecified atom stereocenters. The number of para-hydroxylation sites is 1. The van der Waals surface area contributed by atoms with Crippen molar-refractivity contribution in [2.24, 2.45) is 7.05 Å². The fraction of sp³-hybridized carbons (Fsp3) is 0.333. The van der Waals surface area contributed by atoms with Crippen LogP contribution in [0.5, 0.6) is 0 Å². The number of aryl methyl sites for hydroxylation is 1. The van der Waals surface area contributed by atoms with Crippen molar-refractivity contribution in [1.82, 2.24) is 24.7 Å². The number of carbonyl (C=O) groups is 5. The number of hydrogen-bond donors (Lipinski definition) is 4. The van der Waals surface area contributed by atoms with Gasteiger partial charge in [0.2, 0.25) is 23.6 Å². The van der Waals surface area contributed by atoms with Crippen LogP contribution in [-0.4, -0.2) is 68.7 Å². The molecule has 4 N–H and O–H groups in total. The molecule has 16 heteroatoms. The third-order valence-corrected chi connectivity index (χ3v) is 14.0. The summed E-state index contributed by atoms with van der Waals surface area (Å²) in [5, 5.41) is 12.3. The average molecular weight is 905 g/mol. The number of aromatic nitrogens is 2. The van der Waals surface area contributed by atoms with Crippen LogP contribution < -0.4 is 27.0 Å². The lowest BCUT2D eigenvalue weighted by atomic mass is 9.55. The summed E-state index contributed by atoms with van der Waals surface area (Å²) < 4.78 is 19.1. The minimum absolute atomic E-state index is 0.117. The van der Waals surface area contributed by atoms with Crippen LogP contribution in [0, 0.1) is 17.7 Å². The number of benzene rings is 4. The molecule has 4 aliphatic rings. The first-order valence-electron chi connectivity index (χ1n) is 21.3. The number of carbonyl (C=O) groups excluding carboxylic acids is 5. The molecule has 4 heterocycles. The van der Waals surface area contributed by atoms with E-state index in [-0.39, 0.29) is 47.7 Å². The molecule has 328 valence electrons. The molecule has 3 fully saturated rings. The Morgan fingerprint density at radius 1 is 0.953 bits per heavy atom. The molecule has 64 heavy (non-hydrogen) atoms. The molecule has 4 aromatic carbocycles. The van der Waals surface area contributed by atoms with E-state index in [0.29, 0.717) is 63.4 Å². The van der Waals surface area contributed by atoms with Gasteiger partial charge in [0.05, 0.1) is 27.7 Å². The van der Waals surface area contributed by atoms with E-state index in [1.54, 1.807) is 86.9 Å². The summed E-state index contributed by atoms with van der Waals surface area (Å²) in [7, 11) is 3.27. The summed E-state index contributed by atoms with van der Waals surface area (Å²) >= 11 is 12.8. The molecular weight excluding hydrogens is 860 g/mol. The Kier molecular flexibility index (Phi) is 11.2. The van der Waals surface area contributed by atoms with Crippen molar-refractivity contribution in [3.8, 4) is 11.8 Å². The molecule has 5 aromatic rings. The molecule has 2 saturated heterocycles. The Labute approximate surface area is 377 Å². The van der Waals surface area contributed by atoms with Gasteiger partial charge in [-0.1, -0.05) is 78.6 Å². The quantitative estimate of drug-likeness (QED) is 0.106. The van der Waals surface area contributed by atoms with E-state index in [0.717, 1.165) is 19.3 Å². The Bertz CT molecular complexity index is 2910. The van der Waals surface area contributed by atoms with E-state index in [2.05, 4.69) is 33.1 Å². The number of rotatable bonds is 7. The maximum absolute atomic E-state index is 16.3. The van der Waals surface area contributed by atoms with Crippen LogP contribution in [0.3, 0.4) is 0 Å². The summed E-state index contributed by atoms with van der Waals surface area (Å²) in [6.45, 7) is 0.289. The van der Waals surface area contributed by atoms with E-state index in [9.17, 15) is 28.8 Å². The topological polar surface area (TPSA) is 164 Å². The third kappa shape index (κ3) is 6.97. The van der Waals surface area contributed by atoms with Crippen LogP contribution in [-0.2, 0) is 31.6 Å². The van der Waals surface area contributed by atoms with Gasteiger partial charge in [-0.15, -0.1) is 0 Å². The number of nitrogens with one attached hydrogen (secondary N) is 4. The molecule has 1 aromatic heterocycles. The number of fused-ring (bicyclic) bond motifs is 4. The number of hydrogen-bond acceptors (Lipinski definition) is 7. The highest BCUT2D eigenvalue weighted by molar-refractivity contribution is 6.31.